The van der Waals surface area contributed by atoms with Crippen molar-refractivity contribution in [2.24, 2.45) is 0 Å². The number of fused-ring (bicyclic) bond motifs is 1. The van der Waals surface area contributed by atoms with Crippen molar-refractivity contribution in [3.8, 4) is 17.0 Å². The van der Waals surface area contributed by atoms with Gasteiger partial charge in [-0.2, -0.15) is 4.98 Å². The number of aromatic nitrogens is 2. The van der Waals surface area contributed by atoms with E-state index in [0.29, 0.717) is 38.8 Å². The van der Waals surface area contributed by atoms with Crippen LogP contribution in [0.15, 0.2) is 30.5 Å². The molecule has 3 aromatic rings. The molecule has 13 heteroatoms. The number of aliphatic hydroxyl groups is 3. The minimum Gasteiger partial charge on any atom is -0.480 e. The van der Waals surface area contributed by atoms with Crippen LogP contribution in [-0.4, -0.2) is 94.2 Å². The summed E-state index contributed by atoms with van der Waals surface area (Å²) in [6, 6.07) is 6.81. The van der Waals surface area contributed by atoms with E-state index >= 15 is 0 Å². The Kier molecular flexibility index (Phi) is 7.07. The number of halogens is 1. The van der Waals surface area contributed by atoms with Gasteiger partial charge in [-0.05, 0) is 24.3 Å². The van der Waals surface area contributed by atoms with E-state index in [1.54, 1.807) is 24.3 Å². The Hall–Kier alpha value is -3.42. The van der Waals surface area contributed by atoms with Crippen molar-refractivity contribution < 1.29 is 44.2 Å². The topological polar surface area (TPSA) is 175 Å². The van der Waals surface area contributed by atoms with Gasteiger partial charge in [0.1, 0.15) is 24.1 Å². The lowest BCUT2D eigenvalue weighted by molar-refractivity contribution is -0.278. The minimum atomic E-state index is -1.91. The van der Waals surface area contributed by atoms with Crippen molar-refractivity contribution >= 4 is 40.3 Å². The van der Waals surface area contributed by atoms with Crippen molar-refractivity contribution in [3.05, 3.63) is 41.0 Å². The van der Waals surface area contributed by atoms with Gasteiger partial charge in [0.25, 0.3) is 0 Å². The first kappa shape index (κ1) is 25.7. The van der Waals surface area contributed by atoms with Gasteiger partial charge in [0, 0.05) is 42.3 Å². The van der Waals surface area contributed by atoms with Crippen molar-refractivity contribution in [2.45, 2.75) is 30.7 Å². The normalized spacial score (nSPS) is 23.9. The van der Waals surface area contributed by atoms with E-state index in [-0.39, 0.29) is 5.56 Å². The fraction of sp³-hybridized carbons (Fsp3) is 0.348. The quantitative estimate of drug-likeness (QED) is 0.293. The highest BCUT2D eigenvalue weighted by Crippen LogP contribution is 2.38. The predicted octanol–water partition coefficient (Wildman–Crippen LogP) is 1.01. The first-order chi connectivity index (χ1) is 17.0. The summed E-state index contributed by atoms with van der Waals surface area (Å²) in [6.45, 7) is 0. The van der Waals surface area contributed by atoms with Crippen molar-refractivity contribution in [1.29, 1.82) is 0 Å². The number of carbonyl (C=O) groups is 2. The molecule has 0 unspecified atom stereocenters. The molecule has 0 radical (unpaired) electrons. The van der Waals surface area contributed by atoms with Gasteiger partial charge in [-0.25, -0.2) is 9.59 Å². The molecule has 1 fully saturated rings. The lowest BCUT2D eigenvalue weighted by atomic mass is 9.99. The molecule has 192 valence electrons. The molecule has 0 amide bonds. The number of pyridine rings is 1. The highest BCUT2D eigenvalue weighted by Gasteiger charge is 2.48. The number of H-pyrrole nitrogens is 1. The molecule has 1 saturated heterocycles. The van der Waals surface area contributed by atoms with Crippen LogP contribution in [0.4, 0.5) is 5.82 Å². The third-order valence-electron chi connectivity index (χ3n) is 5.81. The van der Waals surface area contributed by atoms with Gasteiger partial charge in [-0.3, -0.25) is 0 Å². The summed E-state index contributed by atoms with van der Waals surface area (Å²) in [5, 5.41) is 39.9. The van der Waals surface area contributed by atoms with Crippen LogP contribution < -0.4 is 9.64 Å². The highest BCUT2D eigenvalue weighted by molar-refractivity contribution is 6.34. The van der Waals surface area contributed by atoms with Crippen LogP contribution in [0.2, 0.25) is 5.02 Å². The average molecular weight is 522 g/mol. The van der Waals surface area contributed by atoms with Crippen LogP contribution >= 0.6 is 11.6 Å². The van der Waals surface area contributed by atoms with Gasteiger partial charge < -0.3 is 44.5 Å². The molecular formula is C23H24ClN3O9. The van der Waals surface area contributed by atoms with Crippen LogP contribution in [-0.2, 0) is 14.3 Å². The molecule has 4 rings (SSSR count). The van der Waals surface area contributed by atoms with Crippen molar-refractivity contribution in [1.82, 2.24) is 9.97 Å². The van der Waals surface area contributed by atoms with Crippen molar-refractivity contribution in [3.63, 3.8) is 0 Å². The van der Waals surface area contributed by atoms with E-state index in [9.17, 15) is 30.0 Å². The zero-order valence-electron chi connectivity index (χ0n) is 19.4. The molecule has 0 spiro atoms. The Labute approximate surface area is 209 Å². The standard InChI is InChI=1S/C23H24ClN3O9/c1-27(2)15-5-4-9(20(26-15)34-3)10-6-11-12(8-25-14(11)7-13(10)24)22(33)36-23-18(30)16(28)17(29)19(35-23)21(31)32/h4-8,16-19,23,25,28-30H,1-3H3,(H,31,32)/t16-,17-,18+,19-,23-/m0/s1. The molecule has 0 bridgehead atoms. The smallest absolute Gasteiger partial charge is 0.342 e. The molecule has 1 aromatic carbocycles. The monoisotopic (exact) mass is 521 g/mol. The summed E-state index contributed by atoms with van der Waals surface area (Å²) in [5.41, 5.74) is 1.62. The molecule has 12 nitrogen and oxygen atoms in total. The van der Waals surface area contributed by atoms with Crippen LogP contribution in [0.25, 0.3) is 22.0 Å². The highest BCUT2D eigenvalue weighted by atomic mass is 35.5. The number of hydrogen-bond donors (Lipinski definition) is 5. The molecule has 2 aromatic heterocycles. The number of aromatic amines is 1. The van der Waals surface area contributed by atoms with E-state index in [1.165, 1.54) is 13.3 Å². The van der Waals surface area contributed by atoms with Gasteiger partial charge >= 0.3 is 11.9 Å². The first-order valence-electron chi connectivity index (χ1n) is 10.7. The molecule has 1 aliphatic rings. The number of carboxylic acids is 1. The van der Waals surface area contributed by atoms with Gasteiger partial charge in [0.05, 0.1) is 17.7 Å². The number of carbonyl (C=O) groups excluding carboxylic acids is 1. The zero-order valence-corrected chi connectivity index (χ0v) is 20.1. The largest absolute Gasteiger partial charge is 0.480 e. The second-order valence-electron chi connectivity index (χ2n) is 8.34. The number of rotatable bonds is 6. The summed E-state index contributed by atoms with van der Waals surface area (Å²) in [7, 11) is 5.15. The fourth-order valence-corrected chi connectivity index (χ4v) is 4.14. The molecule has 5 N–H and O–H groups in total. The number of methoxy groups -OCH3 is 1. The predicted molar refractivity (Wildman–Crippen MR) is 127 cm³/mol. The number of carboxylic acid groups (broad SMARTS) is 1. The number of benzene rings is 1. The Bertz CT molecular complexity index is 1310. The molecule has 1 aliphatic heterocycles. The number of anilines is 1. The number of nitrogens with zero attached hydrogens (tertiary/aromatic N) is 2. The van der Waals surface area contributed by atoms with Crippen LogP contribution in [0.3, 0.4) is 0 Å². The molecule has 0 aliphatic carbocycles. The van der Waals surface area contributed by atoms with E-state index < -0.39 is 42.6 Å². The van der Waals surface area contributed by atoms with Crippen LogP contribution in [0.1, 0.15) is 10.4 Å². The maximum Gasteiger partial charge on any atom is 0.342 e. The third kappa shape index (κ3) is 4.56. The molecule has 3 heterocycles. The minimum absolute atomic E-state index is 0.0306. The lowest BCUT2D eigenvalue weighted by Crippen LogP contribution is -2.60. The Morgan fingerprint density at radius 1 is 1.11 bits per heavy atom. The van der Waals surface area contributed by atoms with Gasteiger partial charge in [0.15, 0.2) is 6.10 Å². The van der Waals surface area contributed by atoms with E-state index in [2.05, 4.69) is 9.97 Å². The van der Waals surface area contributed by atoms with Crippen LogP contribution in [0, 0.1) is 0 Å². The molecule has 0 saturated carbocycles. The zero-order chi connectivity index (χ0) is 26.3. The van der Waals surface area contributed by atoms with Gasteiger partial charge in [-0.15, -0.1) is 0 Å². The van der Waals surface area contributed by atoms with Gasteiger partial charge in [0.2, 0.25) is 12.2 Å². The molecule has 5 atom stereocenters. The third-order valence-corrected chi connectivity index (χ3v) is 6.13. The summed E-state index contributed by atoms with van der Waals surface area (Å²) in [6.07, 6.45) is -8.08. The van der Waals surface area contributed by atoms with Gasteiger partial charge in [-0.1, -0.05) is 11.6 Å². The SMILES string of the molecule is COc1nc(N(C)C)ccc1-c1cc2c(C(=O)O[C@@H]3O[C@H](C(=O)O)[C@@H](O)[C@H](O)[C@H]3O)c[nH]c2cc1Cl. The second kappa shape index (κ2) is 9.91. The number of aliphatic hydroxyl groups excluding tert-OH is 3. The van der Waals surface area contributed by atoms with E-state index in [1.807, 2.05) is 19.0 Å². The number of ether oxygens (including phenoxy) is 3. The Balaban J connectivity index is 1.69. The summed E-state index contributed by atoms with van der Waals surface area (Å²) in [4.78, 5) is 33.5. The van der Waals surface area contributed by atoms with E-state index in [0.717, 1.165) is 0 Å². The van der Waals surface area contributed by atoms with Crippen molar-refractivity contribution in [2.75, 3.05) is 26.1 Å². The fourth-order valence-electron chi connectivity index (χ4n) is 3.88. The lowest BCUT2D eigenvalue weighted by Gasteiger charge is -2.37. The molecule has 36 heavy (non-hydrogen) atoms. The molecular weight excluding hydrogens is 498 g/mol. The Morgan fingerprint density at radius 3 is 2.47 bits per heavy atom. The maximum atomic E-state index is 13.0. The summed E-state index contributed by atoms with van der Waals surface area (Å²) < 4.78 is 15.7. The summed E-state index contributed by atoms with van der Waals surface area (Å²) in [5.74, 6) is -1.59. The number of nitrogens with one attached hydrogen (secondary N) is 1. The van der Waals surface area contributed by atoms with Crippen LogP contribution in [0.5, 0.6) is 5.88 Å². The first-order valence-corrected chi connectivity index (χ1v) is 11.1. The second-order valence-corrected chi connectivity index (χ2v) is 8.75. The maximum absolute atomic E-state index is 13.0. The number of aliphatic carboxylic acids is 1. The van der Waals surface area contributed by atoms with E-state index in [4.69, 9.17) is 25.8 Å². The number of esters is 1. The number of hydrogen-bond acceptors (Lipinski definition) is 10. The average Bonchev–Trinajstić information content (AvgIpc) is 3.25. The Morgan fingerprint density at radius 2 is 1.83 bits per heavy atom. The summed E-state index contributed by atoms with van der Waals surface area (Å²) >= 11 is 6.52.